The molecule has 3 nitrogen and oxygen atoms in total. The van der Waals surface area contributed by atoms with Crippen LogP contribution in [-0.2, 0) is 6.54 Å². The summed E-state index contributed by atoms with van der Waals surface area (Å²) in [4.78, 5) is 11.3. The van der Waals surface area contributed by atoms with Gasteiger partial charge in [0.2, 0.25) is 0 Å². The summed E-state index contributed by atoms with van der Waals surface area (Å²) < 4.78 is 38.8. The van der Waals surface area contributed by atoms with Crippen molar-refractivity contribution in [2.75, 3.05) is 0 Å². The molecule has 0 atom stereocenters. The van der Waals surface area contributed by atoms with E-state index >= 15 is 0 Å². The van der Waals surface area contributed by atoms with Crippen molar-refractivity contribution >= 4 is 5.78 Å². The average Bonchev–Trinajstić information content (AvgIpc) is 2.52. The van der Waals surface area contributed by atoms with Crippen LogP contribution in [0.3, 0.4) is 0 Å². The SMILES string of the molecule is CCCCCn1nc(C)c(C(=O)C(F)(F)F)c1C. The summed E-state index contributed by atoms with van der Waals surface area (Å²) in [6, 6.07) is 0. The van der Waals surface area contributed by atoms with E-state index in [1.807, 2.05) is 6.92 Å². The fourth-order valence-electron chi connectivity index (χ4n) is 1.90. The normalized spacial score (nSPS) is 11.9. The highest BCUT2D eigenvalue weighted by Crippen LogP contribution is 2.25. The summed E-state index contributed by atoms with van der Waals surface area (Å²) in [7, 11) is 0. The van der Waals surface area contributed by atoms with Crippen molar-refractivity contribution < 1.29 is 18.0 Å². The van der Waals surface area contributed by atoms with Gasteiger partial charge in [-0.3, -0.25) is 9.48 Å². The Morgan fingerprint density at radius 3 is 2.39 bits per heavy atom. The minimum absolute atomic E-state index is 0.145. The largest absolute Gasteiger partial charge is 0.455 e. The van der Waals surface area contributed by atoms with Gasteiger partial charge < -0.3 is 0 Å². The summed E-state index contributed by atoms with van der Waals surface area (Å²) in [5.41, 5.74) is 0.135. The third kappa shape index (κ3) is 3.11. The van der Waals surface area contributed by atoms with E-state index in [1.165, 1.54) is 18.5 Å². The quantitative estimate of drug-likeness (QED) is 0.602. The van der Waals surface area contributed by atoms with E-state index in [4.69, 9.17) is 0 Å². The van der Waals surface area contributed by atoms with Gasteiger partial charge in [-0.2, -0.15) is 18.3 Å². The van der Waals surface area contributed by atoms with E-state index in [0.29, 0.717) is 12.2 Å². The molecule has 1 aromatic rings. The van der Waals surface area contributed by atoms with Crippen molar-refractivity contribution in [2.24, 2.45) is 0 Å². The van der Waals surface area contributed by atoms with Crippen LogP contribution in [0.4, 0.5) is 13.2 Å². The van der Waals surface area contributed by atoms with Crippen LogP contribution in [0, 0.1) is 13.8 Å². The molecule has 0 N–H and O–H groups in total. The van der Waals surface area contributed by atoms with Gasteiger partial charge in [0.1, 0.15) is 0 Å². The van der Waals surface area contributed by atoms with Gasteiger partial charge >= 0.3 is 6.18 Å². The van der Waals surface area contributed by atoms with E-state index < -0.39 is 12.0 Å². The maximum absolute atomic E-state index is 12.4. The van der Waals surface area contributed by atoms with Crippen LogP contribution in [0.2, 0.25) is 0 Å². The van der Waals surface area contributed by atoms with Gasteiger partial charge in [0.15, 0.2) is 0 Å². The second kappa shape index (κ2) is 5.54. The predicted octanol–water partition coefficient (Wildman–Crippen LogP) is 3.44. The standard InChI is InChI=1S/C12H17F3N2O/c1-4-5-6-7-17-9(3)10(8(2)16-17)11(18)12(13,14)15/h4-7H2,1-3H3. The highest BCUT2D eigenvalue weighted by molar-refractivity contribution is 6.02. The molecule has 6 heteroatoms. The molecular formula is C12H17F3N2O. The molecule has 0 spiro atoms. The molecule has 0 saturated carbocycles. The zero-order chi connectivity index (χ0) is 13.9. The van der Waals surface area contributed by atoms with E-state index in [0.717, 1.165) is 19.3 Å². The molecule has 0 radical (unpaired) electrons. The maximum Gasteiger partial charge on any atom is 0.455 e. The van der Waals surface area contributed by atoms with Crippen LogP contribution in [-0.4, -0.2) is 21.7 Å². The molecule has 18 heavy (non-hydrogen) atoms. The van der Waals surface area contributed by atoms with Crippen molar-refractivity contribution in [3.8, 4) is 0 Å². The second-order valence-corrected chi connectivity index (χ2v) is 4.30. The van der Waals surface area contributed by atoms with Gasteiger partial charge in [0.25, 0.3) is 5.78 Å². The zero-order valence-corrected chi connectivity index (χ0v) is 10.8. The van der Waals surface area contributed by atoms with Gasteiger partial charge in [-0.25, -0.2) is 0 Å². The molecule has 1 aromatic heterocycles. The maximum atomic E-state index is 12.4. The summed E-state index contributed by atoms with van der Waals surface area (Å²) >= 11 is 0. The third-order valence-electron chi connectivity index (χ3n) is 2.84. The number of carbonyl (C=O) groups is 1. The van der Waals surface area contributed by atoms with Crippen LogP contribution < -0.4 is 0 Å². The summed E-state index contributed by atoms with van der Waals surface area (Å²) in [6.07, 6.45) is -1.99. The molecule has 0 fully saturated rings. The predicted molar refractivity (Wildman–Crippen MR) is 61.6 cm³/mol. The van der Waals surface area contributed by atoms with Crippen LogP contribution in [0.15, 0.2) is 0 Å². The van der Waals surface area contributed by atoms with Gasteiger partial charge in [0.05, 0.1) is 11.3 Å². The summed E-state index contributed by atoms with van der Waals surface area (Å²) in [6.45, 7) is 5.53. The van der Waals surface area contributed by atoms with Crippen LogP contribution in [0.25, 0.3) is 0 Å². The molecule has 0 aliphatic rings. The Morgan fingerprint density at radius 2 is 1.89 bits per heavy atom. The number of halogens is 3. The first kappa shape index (κ1) is 14.7. The highest BCUT2D eigenvalue weighted by atomic mass is 19.4. The fourth-order valence-corrected chi connectivity index (χ4v) is 1.90. The number of hydrogen-bond donors (Lipinski definition) is 0. The number of ketones is 1. The van der Waals surface area contributed by atoms with E-state index in [1.54, 1.807) is 0 Å². The monoisotopic (exact) mass is 262 g/mol. The molecular weight excluding hydrogens is 245 g/mol. The first-order valence-corrected chi connectivity index (χ1v) is 5.94. The van der Waals surface area contributed by atoms with Crippen LogP contribution in [0.1, 0.15) is 47.9 Å². The molecule has 102 valence electrons. The molecule has 0 bridgehead atoms. The minimum Gasteiger partial charge on any atom is -0.284 e. The van der Waals surface area contributed by atoms with E-state index in [2.05, 4.69) is 5.10 Å². The van der Waals surface area contributed by atoms with Crippen molar-refractivity contribution in [1.82, 2.24) is 9.78 Å². The lowest BCUT2D eigenvalue weighted by Crippen LogP contribution is -2.24. The molecule has 0 amide bonds. The van der Waals surface area contributed by atoms with Crippen molar-refractivity contribution in [2.45, 2.75) is 52.8 Å². The van der Waals surface area contributed by atoms with Gasteiger partial charge in [-0.15, -0.1) is 0 Å². The number of Topliss-reactive ketones (excluding diaryl/α,β-unsaturated/α-hetero) is 1. The van der Waals surface area contributed by atoms with Crippen LogP contribution in [0.5, 0.6) is 0 Å². The van der Waals surface area contributed by atoms with Gasteiger partial charge in [0, 0.05) is 12.2 Å². The minimum atomic E-state index is -4.84. The molecule has 1 heterocycles. The highest BCUT2D eigenvalue weighted by Gasteiger charge is 2.42. The Labute approximate surface area is 104 Å². The first-order valence-electron chi connectivity index (χ1n) is 5.94. The summed E-state index contributed by atoms with van der Waals surface area (Å²) in [5.74, 6) is -1.81. The molecule has 0 unspecified atom stereocenters. The van der Waals surface area contributed by atoms with Crippen LogP contribution >= 0.6 is 0 Å². The molecule has 0 aromatic carbocycles. The zero-order valence-electron chi connectivity index (χ0n) is 10.8. The smallest absolute Gasteiger partial charge is 0.284 e. The molecule has 0 aliphatic heterocycles. The van der Waals surface area contributed by atoms with Crippen molar-refractivity contribution in [3.05, 3.63) is 17.0 Å². The Hall–Kier alpha value is -1.33. The Bertz CT molecular complexity index is 435. The Balaban J connectivity index is 2.98. The van der Waals surface area contributed by atoms with Gasteiger partial charge in [-0.1, -0.05) is 19.8 Å². The number of aryl methyl sites for hydroxylation is 2. The number of alkyl halides is 3. The number of hydrogen-bond acceptors (Lipinski definition) is 2. The number of rotatable bonds is 5. The topological polar surface area (TPSA) is 34.9 Å². The molecule has 0 saturated heterocycles. The molecule has 1 rings (SSSR count). The third-order valence-corrected chi connectivity index (χ3v) is 2.84. The lowest BCUT2D eigenvalue weighted by Gasteiger charge is -2.06. The van der Waals surface area contributed by atoms with Gasteiger partial charge in [-0.05, 0) is 20.3 Å². The summed E-state index contributed by atoms with van der Waals surface area (Å²) in [5, 5.41) is 4.01. The van der Waals surface area contributed by atoms with Crippen molar-refractivity contribution in [1.29, 1.82) is 0 Å². The number of nitrogens with zero attached hydrogens (tertiary/aromatic N) is 2. The number of unbranched alkanes of at least 4 members (excludes halogenated alkanes) is 2. The Kier molecular flexibility index (Phi) is 4.53. The van der Waals surface area contributed by atoms with E-state index in [-0.39, 0.29) is 11.3 Å². The van der Waals surface area contributed by atoms with E-state index in [9.17, 15) is 18.0 Å². The van der Waals surface area contributed by atoms with Crippen molar-refractivity contribution in [3.63, 3.8) is 0 Å². The lowest BCUT2D eigenvalue weighted by molar-refractivity contribution is -0.0886. The Morgan fingerprint density at radius 1 is 1.28 bits per heavy atom. The first-order chi connectivity index (χ1) is 8.29. The number of carbonyl (C=O) groups excluding carboxylic acids is 1. The lowest BCUT2D eigenvalue weighted by atomic mass is 10.1. The average molecular weight is 262 g/mol. The fraction of sp³-hybridized carbons (Fsp3) is 0.667. The second-order valence-electron chi connectivity index (χ2n) is 4.30. The number of aromatic nitrogens is 2. The molecule has 0 aliphatic carbocycles.